The first-order chi connectivity index (χ1) is 20.5. The molecule has 0 amide bonds. The van der Waals surface area contributed by atoms with Crippen LogP contribution in [0.2, 0.25) is 0 Å². The zero-order chi connectivity index (χ0) is 29.1. The Labute approximate surface area is 244 Å². The van der Waals surface area contributed by atoms with E-state index >= 15 is 0 Å². The first-order valence-corrected chi connectivity index (χ1v) is 15.8. The van der Waals surface area contributed by atoms with Gasteiger partial charge in [0.2, 0.25) is 16.9 Å². The van der Waals surface area contributed by atoms with Crippen LogP contribution in [-0.2, 0) is 6.42 Å². The van der Waals surface area contributed by atoms with Crippen molar-refractivity contribution in [3.05, 3.63) is 143 Å². The van der Waals surface area contributed by atoms with E-state index in [4.69, 9.17) is 4.42 Å². The molecular weight excluding hydrogens is 543 g/mol. The number of phenolic OH excluding ortho intramolecular Hbond substituents is 2. The third-order valence-corrected chi connectivity index (χ3v) is 12.3. The standard InChI is InChI=1S/C36H29O5P/c37-31-23-22-30-32(38)34(40)35(41-36(30)33(31)39)26-20-18-25(19-21-26)11-10-24-42(27-12-4-1-5-13-27,28-14-6-2-7-15-28)29-16-8-3-9-17-29/h1-9,12-23H,10-11,24H2,(H2-,37,38,39,40)/p+1. The normalized spacial score (nSPS) is 11.5. The van der Waals surface area contributed by atoms with Crippen molar-refractivity contribution in [3.8, 4) is 28.6 Å². The van der Waals surface area contributed by atoms with E-state index in [1.807, 2.05) is 12.1 Å². The summed E-state index contributed by atoms with van der Waals surface area (Å²) in [7, 11) is -1.92. The summed E-state index contributed by atoms with van der Waals surface area (Å²) in [6.45, 7) is 0. The third kappa shape index (κ3) is 4.93. The highest BCUT2D eigenvalue weighted by Crippen LogP contribution is 2.55. The minimum atomic E-state index is -1.92. The highest BCUT2D eigenvalue weighted by molar-refractivity contribution is 7.95. The number of aromatic hydroxyl groups is 3. The lowest BCUT2D eigenvalue weighted by Gasteiger charge is -2.27. The van der Waals surface area contributed by atoms with Gasteiger partial charge in [0, 0.05) is 5.56 Å². The van der Waals surface area contributed by atoms with Crippen molar-refractivity contribution in [2.24, 2.45) is 0 Å². The largest absolute Gasteiger partial charge is 0.504 e. The van der Waals surface area contributed by atoms with Gasteiger partial charge < -0.3 is 19.7 Å². The Morgan fingerprint density at radius 1 is 0.595 bits per heavy atom. The maximum absolute atomic E-state index is 12.7. The van der Waals surface area contributed by atoms with Gasteiger partial charge in [0.1, 0.15) is 23.2 Å². The molecule has 6 heteroatoms. The first kappa shape index (κ1) is 27.3. The fourth-order valence-electron chi connectivity index (χ4n) is 5.64. The Bertz CT molecular complexity index is 1790. The number of benzene rings is 5. The number of hydrogen-bond donors (Lipinski definition) is 3. The van der Waals surface area contributed by atoms with Gasteiger partial charge in [-0.25, -0.2) is 0 Å². The van der Waals surface area contributed by atoms with Gasteiger partial charge in [-0.1, -0.05) is 78.9 Å². The molecule has 0 unspecified atom stereocenters. The van der Waals surface area contributed by atoms with Gasteiger partial charge in [-0.3, -0.25) is 4.79 Å². The molecule has 208 valence electrons. The summed E-state index contributed by atoms with van der Waals surface area (Å²) in [4.78, 5) is 12.7. The van der Waals surface area contributed by atoms with Crippen molar-refractivity contribution in [2.75, 3.05) is 6.16 Å². The van der Waals surface area contributed by atoms with E-state index in [2.05, 4.69) is 91.0 Å². The SMILES string of the molecule is O=c1c(O)c(-c2ccc(CCC[P+](c3ccccc3)(c3ccccc3)c3ccccc3)cc2)oc2c(O)c(O)ccc12. The lowest BCUT2D eigenvalue weighted by molar-refractivity contribution is 0.397. The summed E-state index contributed by atoms with van der Waals surface area (Å²) in [5.41, 5.74) is 0.778. The Morgan fingerprint density at radius 3 is 1.64 bits per heavy atom. The second-order valence-corrected chi connectivity index (χ2v) is 13.9. The van der Waals surface area contributed by atoms with Crippen molar-refractivity contribution in [1.29, 1.82) is 0 Å². The van der Waals surface area contributed by atoms with E-state index in [0.29, 0.717) is 5.56 Å². The second-order valence-electron chi connectivity index (χ2n) is 10.3. The van der Waals surface area contributed by atoms with Crippen molar-refractivity contribution in [1.82, 2.24) is 0 Å². The molecule has 5 nitrogen and oxygen atoms in total. The van der Waals surface area contributed by atoms with Gasteiger partial charge in [-0.2, -0.15) is 0 Å². The predicted molar refractivity (Wildman–Crippen MR) is 171 cm³/mol. The average molecular weight is 574 g/mol. The van der Waals surface area contributed by atoms with Crippen LogP contribution in [0.1, 0.15) is 12.0 Å². The van der Waals surface area contributed by atoms with Crippen LogP contribution in [0.15, 0.2) is 137 Å². The molecule has 0 aliphatic heterocycles. The van der Waals surface area contributed by atoms with Crippen LogP contribution in [0.3, 0.4) is 0 Å². The van der Waals surface area contributed by atoms with Gasteiger partial charge in [-0.15, -0.1) is 0 Å². The Morgan fingerprint density at radius 2 is 1.12 bits per heavy atom. The molecule has 0 fully saturated rings. The molecule has 42 heavy (non-hydrogen) atoms. The Balaban J connectivity index is 1.30. The van der Waals surface area contributed by atoms with Crippen molar-refractivity contribution in [2.45, 2.75) is 12.8 Å². The molecule has 0 spiro atoms. The van der Waals surface area contributed by atoms with Crippen LogP contribution in [0.25, 0.3) is 22.3 Å². The number of rotatable bonds is 8. The minimum Gasteiger partial charge on any atom is -0.504 e. The molecular formula is C36H30O5P+. The molecule has 0 saturated carbocycles. The molecule has 0 aliphatic rings. The summed E-state index contributed by atoms with van der Waals surface area (Å²) in [5.74, 6) is -1.53. The minimum absolute atomic E-state index is 0.00904. The molecule has 6 aromatic rings. The maximum Gasteiger partial charge on any atom is 0.235 e. The van der Waals surface area contributed by atoms with Gasteiger partial charge in [0.05, 0.1) is 11.5 Å². The molecule has 3 N–H and O–H groups in total. The molecule has 0 bridgehead atoms. The predicted octanol–water partition coefficient (Wildman–Crippen LogP) is 6.50. The molecule has 5 aromatic carbocycles. The molecule has 0 aliphatic carbocycles. The monoisotopic (exact) mass is 573 g/mol. The summed E-state index contributed by atoms with van der Waals surface area (Å²) in [6.07, 6.45) is 2.79. The lowest BCUT2D eigenvalue weighted by atomic mass is 10.0. The fourth-order valence-corrected chi connectivity index (χ4v) is 9.99. The summed E-state index contributed by atoms with van der Waals surface area (Å²) in [5, 5.41) is 34.7. The van der Waals surface area contributed by atoms with Gasteiger partial charge in [0.15, 0.2) is 17.1 Å². The van der Waals surface area contributed by atoms with E-state index in [1.165, 1.54) is 28.0 Å². The molecule has 6 rings (SSSR count). The quantitative estimate of drug-likeness (QED) is 0.143. The topological polar surface area (TPSA) is 90.9 Å². The van der Waals surface area contributed by atoms with Crippen LogP contribution in [-0.4, -0.2) is 21.5 Å². The van der Waals surface area contributed by atoms with E-state index in [1.54, 1.807) is 12.1 Å². The zero-order valence-electron chi connectivity index (χ0n) is 22.9. The lowest BCUT2D eigenvalue weighted by Crippen LogP contribution is -2.33. The zero-order valence-corrected chi connectivity index (χ0v) is 23.7. The molecule has 0 radical (unpaired) electrons. The number of hydrogen-bond acceptors (Lipinski definition) is 5. The van der Waals surface area contributed by atoms with Gasteiger partial charge in [0.25, 0.3) is 0 Å². The van der Waals surface area contributed by atoms with Crippen molar-refractivity contribution in [3.63, 3.8) is 0 Å². The number of fused-ring (bicyclic) bond motifs is 1. The highest BCUT2D eigenvalue weighted by Gasteiger charge is 2.44. The maximum atomic E-state index is 12.7. The molecule has 0 saturated heterocycles. The van der Waals surface area contributed by atoms with Crippen molar-refractivity contribution < 1.29 is 19.7 Å². The number of aryl methyl sites for hydroxylation is 1. The molecule has 1 aromatic heterocycles. The molecule has 0 atom stereocenters. The Hall–Kier alpha value is -4.86. The van der Waals surface area contributed by atoms with Crippen molar-refractivity contribution >= 4 is 34.1 Å². The fraction of sp³-hybridized carbons (Fsp3) is 0.0833. The second kappa shape index (κ2) is 11.6. The van der Waals surface area contributed by atoms with Crippen LogP contribution < -0.4 is 21.3 Å². The summed E-state index contributed by atoms with van der Waals surface area (Å²) < 4.78 is 5.73. The third-order valence-electron chi connectivity index (χ3n) is 7.76. The summed E-state index contributed by atoms with van der Waals surface area (Å²) >= 11 is 0. The average Bonchev–Trinajstić information content (AvgIpc) is 3.04. The highest BCUT2D eigenvalue weighted by atomic mass is 31.2. The van der Waals surface area contributed by atoms with Crippen LogP contribution >= 0.6 is 7.26 Å². The van der Waals surface area contributed by atoms with Crippen LogP contribution in [0, 0.1) is 0 Å². The first-order valence-electron chi connectivity index (χ1n) is 13.8. The van der Waals surface area contributed by atoms with Crippen LogP contribution in [0.5, 0.6) is 17.2 Å². The molecule has 1 heterocycles. The van der Waals surface area contributed by atoms with Gasteiger partial charge >= 0.3 is 0 Å². The van der Waals surface area contributed by atoms with E-state index < -0.39 is 29.9 Å². The van der Waals surface area contributed by atoms with E-state index in [0.717, 1.165) is 24.6 Å². The van der Waals surface area contributed by atoms with Gasteiger partial charge in [-0.05, 0) is 66.9 Å². The van der Waals surface area contributed by atoms with Crippen LogP contribution in [0.4, 0.5) is 0 Å². The van der Waals surface area contributed by atoms with E-state index in [9.17, 15) is 20.1 Å². The summed E-state index contributed by atoms with van der Waals surface area (Å²) in [6, 6.07) is 42.5. The Kier molecular flexibility index (Phi) is 7.52. The van der Waals surface area contributed by atoms with E-state index in [-0.39, 0.29) is 16.7 Å². The number of phenols is 2. The smallest absolute Gasteiger partial charge is 0.235 e.